The van der Waals surface area contributed by atoms with E-state index in [1.807, 2.05) is 0 Å². The lowest BCUT2D eigenvalue weighted by Crippen LogP contribution is -1.71. The van der Waals surface area contributed by atoms with Crippen LogP contribution < -0.4 is 0 Å². The van der Waals surface area contributed by atoms with Gasteiger partial charge in [0.05, 0.1) is 6.26 Å². The van der Waals surface area contributed by atoms with Crippen LogP contribution in [0.4, 0.5) is 4.39 Å². The highest BCUT2D eigenvalue weighted by Gasteiger charge is 1.96. The Morgan fingerprint density at radius 1 is 1.42 bits per heavy atom. The molecule has 1 heterocycles. The lowest BCUT2D eigenvalue weighted by molar-refractivity contribution is 0.563. The molecule has 0 aliphatic carbocycles. The van der Waals surface area contributed by atoms with E-state index in [2.05, 4.69) is 12.2 Å². The molecule has 57 valence electrons. The molecule has 0 amide bonds. The van der Waals surface area contributed by atoms with Crippen LogP contribution in [0, 0.1) is 18.4 Å². The third kappa shape index (κ3) is 1.06. The van der Waals surface area contributed by atoms with Crippen LogP contribution in [0.25, 0.3) is 10.8 Å². The first kappa shape index (κ1) is 6.93. The van der Waals surface area contributed by atoms with Gasteiger partial charge in [0.25, 0.3) is 0 Å². The van der Waals surface area contributed by atoms with E-state index in [0.29, 0.717) is 5.56 Å². The van der Waals surface area contributed by atoms with E-state index >= 15 is 0 Å². The van der Waals surface area contributed by atoms with Crippen molar-refractivity contribution in [3.05, 3.63) is 36.3 Å². The van der Waals surface area contributed by atoms with Crippen molar-refractivity contribution in [2.75, 3.05) is 0 Å². The van der Waals surface area contributed by atoms with Crippen LogP contribution in [0.2, 0.25) is 0 Å². The summed E-state index contributed by atoms with van der Waals surface area (Å²) >= 11 is 0. The number of rotatable bonds is 0. The Hall–Kier alpha value is -1.75. The van der Waals surface area contributed by atoms with Crippen molar-refractivity contribution in [1.29, 1.82) is 0 Å². The topological polar surface area (TPSA) is 13.1 Å². The molecule has 2 heteroatoms. The molecule has 1 nitrogen and oxygen atoms in total. The number of furan rings is 1. The van der Waals surface area contributed by atoms with Crippen LogP contribution in [0.15, 0.2) is 28.9 Å². The Balaban J connectivity index is 2.65. The first-order valence-electron chi connectivity index (χ1n) is 3.41. The summed E-state index contributed by atoms with van der Waals surface area (Å²) in [6, 6.07) is 5.27. The van der Waals surface area contributed by atoms with E-state index < -0.39 is 0 Å². The summed E-state index contributed by atoms with van der Waals surface area (Å²) in [5, 5.41) is 1.76. The monoisotopic (exact) mass is 159 g/mol. The highest BCUT2D eigenvalue weighted by molar-refractivity contribution is 5.81. The predicted molar refractivity (Wildman–Crippen MR) is 43.0 cm³/mol. The maximum Gasteiger partial charge on any atom is 0.177 e. The fourth-order valence-electron chi connectivity index (χ4n) is 1.04. The molecular formula is C10H4FO. The molecule has 2 aromatic rings. The fraction of sp³-hybridized carbons (Fsp3) is 0. The Morgan fingerprint density at radius 3 is 3.17 bits per heavy atom. The summed E-state index contributed by atoms with van der Waals surface area (Å²) in [4.78, 5) is 0. The minimum atomic E-state index is 0.639. The Kier molecular flexibility index (Phi) is 1.56. The number of halogens is 1. The fourth-order valence-corrected chi connectivity index (χ4v) is 1.04. The second kappa shape index (κ2) is 2.71. The van der Waals surface area contributed by atoms with Gasteiger partial charge in [-0.2, -0.15) is 0 Å². The van der Waals surface area contributed by atoms with Crippen molar-refractivity contribution in [2.24, 2.45) is 0 Å². The van der Waals surface area contributed by atoms with Crippen LogP contribution in [0.5, 0.6) is 0 Å². The SMILES string of the molecule is FC#Cc1ccc2[c]occ2c1. The predicted octanol–water partition coefficient (Wildman–Crippen LogP) is 2.51. The van der Waals surface area contributed by atoms with Crippen molar-refractivity contribution in [2.45, 2.75) is 0 Å². The van der Waals surface area contributed by atoms with E-state index in [-0.39, 0.29) is 0 Å². The van der Waals surface area contributed by atoms with Gasteiger partial charge in [-0.1, -0.05) is 0 Å². The summed E-state index contributed by atoms with van der Waals surface area (Å²) in [6.45, 7) is 0. The van der Waals surface area contributed by atoms with Gasteiger partial charge in [-0.15, -0.1) is 4.39 Å². The quantitative estimate of drug-likeness (QED) is 0.538. The summed E-state index contributed by atoms with van der Waals surface area (Å²) in [5.41, 5.74) is 0.639. The minimum absolute atomic E-state index is 0.639. The van der Waals surface area contributed by atoms with Crippen molar-refractivity contribution in [3.8, 4) is 12.1 Å². The molecule has 0 spiro atoms. The highest BCUT2D eigenvalue weighted by atomic mass is 19.1. The Labute approximate surface area is 68.8 Å². The van der Waals surface area contributed by atoms with E-state index in [9.17, 15) is 4.39 Å². The zero-order chi connectivity index (χ0) is 8.39. The number of benzene rings is 1. The zero-order valence-electron chi connectivity index (χ0n) is 6.10. The molecular weight excluding hydrogens is 155 g/mol. The van der Waals surface area contributed by atoms with Gasteiger partial charge in [-0.3, -0.25) is 0 Å². The van der Waals surface area contributed by atoms with Crippen LogP contribution in [-0.2, 0) is 0 Å². The first-order chi connectivity index (χ1) is 5.90. The number of fused-ring (bicyclic) bond motifs is 1. The van der Waals surface area contributed by atoms with Gasteiger partial charge in [-0.05, 0) is 24.1 Å². The van der Waals surface area contributed by atoms with E-state index in [1.165, 1.54) is 6.17 Å². The van der Waals surface area contributed by atoms with Crippen molar-refractivity contribution in [3.63, 3.8) is 0 Å². The molecule has 0 aliphatic rings. The second-order valence-electron chi connectivity index (χ2n) is 2.36. The Bertz CT molecular complexity index is 459. The summed E-state index contributed by atoms with van der Waals surface area (Å²) in [5.74, 6) is 2.32. The lowest BCUT2D eigenvalue weighted by atomic mass is 10.1. The standard InChI is InChI=1S/C10H4FO/c11-4-3-8-1-2-9-6-12-7-10(9)5-8/h1-2,5,7H. The molecule has 12 heavy (non-hydrogen) atoms. The third-order valence-electron chi connectivity index (χ3n) is 1.60. The normalized spacial score (nSPS) is 9.42. The molecule has 0 bridgehead atoms. The van der Waals surface area contributed by atoms with E-state index in [1.54, 1.807) is 24.5 Å². The van der Waals surface area contributed by atoms with E-state index in [0.717, 1.165) is 10.8 Å². The van der Waals surface area contributed by atoms with Crippen molar-refractivity contribution >= 4 is 10.8 Å². The zero-order valence-corrected chi connectivity index (χ0v) is 6.10. The van der Waals surface area contributed by atoms with E-state index in [4.69, 9.17) is 4.42 Å². The second-order valence-corrected chi connectivity index (χ2v) is 2.36. The highest BCUT2D eigenvalue weighted by Crippen LogP contribution is 2.15. The molecule has 0 atom stereocenters. The molecule has 0 N–H and O–H groups in total. The van der Waals surface area contributed by atoms with Gasteiger partial charge in [-0.25, -0.2) is 0 Å². The van der Waals surface area contributed by atoms with Gasteiger partial charge in [0.1, 0.15) is 6.17 Å². The average molecular weight is 159 g/mol. The molecule has 1 radical (unpaired) electrons. The van der Waals surface area contributed by atoms with Crippen LogP contribution >= 0.6 is 0 Å². The first-order valence-corrected chi connectivity index (χ1v) is 3.41. The van der Waals surface area contributed by atoms with Crippen molar-refractivity contribution in [1.82, 2.24) is 0 Å². The minimum Gasteiger partial charge on any atom is -0.460 e. The van der Waals surface area contributed by atoms with Gasteiger partial charge < -0.3 is 4.42 Å². The Morgan fingerprint density at radius 2 is 2.33 bits per heavy atom. The smallest absolute Gasteiger partial charge is 0.177 e. The van der Waals surface area contributed by atoms with Gasteiger partial charge >= 0.3 is 0 Å². The summed E-state index contributed by atoms with van der Waals surface area (Å²) in [6.07, 6.45) is 5.58. The molecule has 0 fully saturated rings. The van der Waals surface area contributed by atoms with Crippen LogP contribution in [-0.4, -0.2) is 0 Å². The summed E-state index contributed by atoms with van der Waals surface area (Å²) < 4.78 is 16.4. The maximum absolute atomic E-state index is 11.6. The van der Waals surface area contributed by atoms with Gasteiger partial charge in [0.2, 0.25) is 0 Å². The molecule has 0 saturated heterocycles. The van der Waals surface area contributed by atoms with Crippen LogP contribution in [0.1, 0.15) is 5.56 Å². The molecule has 0 aliphatic heterocycles. The third-order valence-corrected chi connectivity index (χ3v) is 1.60. The molecule has 2 rings (SSSR count). The average Bonchev–Trinajstić information content (AvgIpc) is 2.51. The number of hydrogen-bond donors (Lipinski definition) is 0. The van der Waals surface area contributed by atoms with Gasteiger partial charge in [0.15, 0.2) is 6.26 Å². The van der Waals surface area contributed by atoms with Gasteiger partial charge in [0, 0.05) is 16.3 Å². The summed E-state index contributed by atoms with van der Waals surface area (Å²) in [7, 11) is 0. The lowest BCUT2D eigenvalue weighted by Gasteiger charge is -1.87. The maximum atomic E-state index is 11.6. The van der Waals surface area contributed by atoms with Crippen LogP contribution in [0.3, 0.4) is 0 Å². The largest absolute Gasteiger partial charge is 0.460 e. The van der Waals surface area contributed by atoms with Crippen molar-refractivity contribution < 1.29 is 8.81 Å². The molecule has 1 aromatic carbocycles. The molecule has 0 saturated carbocycles. The number of hydrogen-bond acceptors (Lipinski definition) is 1. The molecule has 1 aromatic heterocycles. The molecule has 0 unspecified atom stereocenters.